The first-order chi connectivity index (χ1) is 8.70. The highest BCUT2D eigenvalue weighted by Crippen LogP contribution is 2.28. The summed E-state index contributed by atoms with van der Waals surface area (Å²) < 4.78 is 0. The van der Waals surface area contributed by atoms with Crippen LogP contribution in [0.15, 0.2) is 12.4 Å². The van der Waals surface area contributed by atoms with Crippen molar-refractivity contribution >= 4 is 5.95 Å². The summed E-state index contributed by atoms with van der Waals surface area (Å²) in [5, 5.41) is 0. The molecule has 100 valence electrons. The molecule has 2 atom stereocenters. The first kappa shape index (κ1) is 13.3. The lowest BCUT2D eigenvalue weighted by molar-refractivity contribution is 0.334. The summed E-state index contributed by atoms with van der Waals surface area (Å²) in [4.78, 5) is 11.2. The zero-order valence-electron chi connectivity index (χ0n) is 11.5. The van der Waals surface area contributed by atoms with E-state index in [-0.39, 0.29) is 0 Å². The van der Waals surface area contributed by atoms with E-state index in [0.717, 1.165) is 23.9 Å². The third-order valence-corrected chi connectivity index (χ3v) is 3.90. The van der Waals surface area contributed by atoms with Gasteiger partial charge in [0.25, 0.3) is 0 Å². The maximum atomic E-state index is 5.52. The van der Waals surface area contributed by atoms with E-state index in [4.69, 9.17) is 5.73 Å². The number of hydrogen-bond donors (Lipinski definition) is 1. The SMILES string of the molecule is CC1CCCC(N(C)c2ncc(CCN)cn2)C1. The minimum Gasteiger partial charge on any atom is -0.341 e. The Morgan fingerprint density at radius 2 is 2.06 bits per heavy atom. The molecule has 4 nitrogen and oxygen atoms in total. The molecule has 0 saturated heterocycles. The van der Waals surface area contributed by atoms with Gasteiger partial charge in [0.2, 0.25) is 5.95 Å². The fourth-order valence-corrected chi connectivity index (χ4v) is 2.74. The fraction of sp³-hybridized carbons (Fsp3) is 0.714. The smallest absolute Gasteiger partial charge is 0.225 e. The van der Waals surface area contributed by atoms with E-state index >= 15 is 0 Å². The quantitative estimate of drug-likeness (QED) is 0.885. The van der Waals surface area contributed by atoms with Crippen LogP contribution in [0.4, 0.5) is 5.95 Å². The van der Waals surface area contributed by atoms with Gasteiger partial charge < -0.3 is 10.6 Å². The van der Waals surface area contributed by atoms with E-state index in [1.54, 1.807) is 0 Å². The van der Waals surface area contributed by atoms with Crippen LogP contribution in [-0.2, 0) is 6.42 Å². The van der Waals surface area contributed by atoms with E-state index in [9.17, 15) is 0 Å². The van der Waals surface area contributed by atoms with Crippen LogP contribution in [0, 0.1) is 5.92 Å². The van der Waals surface area contributed by atoms with Gasteiger partial charge in [0.05, 0.1) is 0 Å². The maximum absolute atomic E-state index is 5.52. The van der Waals surface area contributed by atoms with E-state index in [2.05, 4.69) is 28.8 Å². The van der Waals surface area contributed by atoms with E-state index < -0.39 is 0 Å². The first-order valence-corrected chi connectivity index (χ1v) is 6.94. The molecule has 0 aromatic carbocycles. The van der Waals surface area contributed by atoms with Crippen LogP contribution in [-0.4, -0.2) is 29.6 Å². The van der Waals surface area contributed by atoms with E-state index in [1.165, 1.54) is 25.7 Å². The highest BCUT2D eigenvalue weighted by atomic mass is 15.2. The summed E-state index contributed by atoms with van der Waals surface area (Å²) in [6, 6.07) is 0.592. The third kappa shape index (κ3) is 3.19. The number of nitrogens with two attached hydrogens (primary N) is 1. The van der Waals surface area contributed by atoms with Gasteiger partial charge in [0, 0.05) is 25.5 Å². The lowest BCUT2D eigenvalue weighted by Gasteiger charge is -2.34. The van der Waals surface area contributed by atoms with Gasteiger partial charge in [-0.25, -0.2) is 9.97 Å². The average Bonchev–Trinajstić information content (AvgIpc) is 2.39. The number of nitrogens with zero attached hydrogens (tertiary/aromatic N) is 3. The molecule has 1 aromatic heterocycles. The van der Waals surface area contributed by atoms with Gasteiger partial charge in [-0.3, -0.25) is 0 Å². The molecule has 4 heteroatoms. The van der Waals surface area contributed by atoms with E-state index in [1.807, 2.05) is 12.4 Å². The van der Waals surface area contributed by atoms with Crippen LogP contribution in [0.2, 0.25) is 0 Å². The van der Waals surface area contributed by atoms with Crippen LogP contribution in [0.5, 0.6) is 0 Å². The summed E-state index contributed by atoms with van der Waals surface area (Å²) >= 11 is 0. The second kappa shape index (κ2) is 6.14. The molecule has 0 spiro atoms. The Bertz CT molecular complexity index is 363. The van der Waals surface area contributed by atoms with Crippen molar-refractivity contribution in [3.8, 4) is 0 Å². The van der Waals surface area contributed by atoms with Gasteiger partial charge >= 0.3 is 0 Å². The zero-order valence-corrected chi connectivity index (χ0v) is 11.5. The molecule has 1 aromatic rings. The largest absolute Gasteiger partial charge is 0.341 e. The number of anilines is 1. The minimum absolute atomic E-state index is 0.592. The molecular formula is C14H24N4. The van der Waals surface area contributed by atoms with Crippen molar-refractivity contribution in [2.45, 2.75) is 45.1 Å². The predicted molar refractivity (Wildman–Crippen MR) is 74.6 cm³/mol. The summed E-state index contributed by atoms with van der Waals surface area (Å²) in [5.74, 6) is 1.66. The fourth-order valence-electron chi connectivity index (χ4n) is 2.74. The highest BCUT2D eigenvalue weighted by molar-refractivity contribution is 5.30. The average molecular weight is 248 g/mol. The molecule has 0 amide bonds. The van der Waals surface area contributed by atoms with Gasteiger partial charge in [-0.05, 0) is 37.3 Å². The number of aromatic nitrogens is 2. The van der Waals surface area contributed by atoms with Crippen molar-refractivity contribution in [2.24, 2.45) is 11.7 Å². The Morgan fingerprint density at radius 3 is 2.67 bits per heavy atom. The molecule has 1 saturated carbocycles. The van der Waals surface area contributed by atoms with Crippen molar-refractivity contribution in [3.63, 3.8) is 0 Å². The molecule has 2 rings (SSSR count). The predicted octanol–water partition coefficient (Wildman–Crippen LogP) is 1.99. The van der Waals surface area contributed by atoms with Crippen LogP contribution < -0.4 is 10.6 Å². The van der Waals surface area contributed by atoms with Crippen molar-refractivity contribution in [3.05, 3.63) is 18.0 Å². The Morgan fingerprint density at radius 1 is 1.33 bits per heavy atom. The van der Waals surface area contributed by atoms with Crippen molar-refractivity contribution < 1.29 is 0 Å². The second-order valence-electron chi connectivity index (χ2n) is 5.47. The molecule has 1 fully saturated rings. The van der Waals surface area contributed by atoms with Crippen LogP contribution in [0.25, 0.3) is 0 Å². The Balaban J connectivity index is 2.01. The Hall–Kier alpha value is -1.16. The van der Waals surface area contributed by atoms with Crippen molar-refractivity contribution in [1.29, 1.82) is 0 Å². The second-order valence-corrected chi connectivity index (χ2v) is 5.47. The van der Waals surface area contributed by atoms with Crippen LogP contribution in [0.1, 0.15) is 38.2 Å². The van der Waals surface area contributed by atoms with Crippen molar-refractivity contribution in [2.75, 3.05) is 18.5 Å². The van der Waals surface area contributed by atoms with Gasteiger partial charge in [0.15, 0.2) is 0 Å². The van der Waals surface area contributed by atoms with Gasteiger partial charge in [-0.1, -0.05) is 19.8 Å². The molecule has 0 radical (unpaired) electrons. The standard InChI is InChI=1S/C14H24N4/c1-11-4-3-5-13(8-11)18(2)14-16-9-12(6-7-15)10-17-14/h9-11,13H,3-8,15H2,1-2H3. The maximum Gasteiger partial charge on any atom is 0.225 e. The van der Waals surface area contributed by atoms with Crippen LogP contribution in [0.3, 0.4) is 0 Å². The molecule has 0 aliphatic heterocycles. The Labute approximate surface area is 110 Å². The van der Waals surface area contributed by atoms with Crippen LogP contribution >= 0.6 is 0 Å². The summed E-state index contributed by atoms with van der Waals surface area (Å²) in [5.41, 5.74) is 6.64. The van der Waals surface area contributed by atoms with Gasteiger partial charge in [-0.15, -0.1) is 0 Å². The van der Waals surface area contributed by atoms with Crippen molar-refractivity contribution in [1.82, 2.24) is 9.97 Å². The highest BCUT2D eigenvalue weighted by Gasteiger charge is 2.23. The number of rotatable bonds is 4. The molecule has 1 aliphatic rings. The molecule has 1 heterocycles. The zero-order chi connectivity index (χ0) is 13.0. The molecular weight excluding hydrogens is 224 g/mol. The lowest BCUT2D eigenvalue weighted by atomic mass is 9.86. The molecule has 0 bridgehead atoms. The van der Waals surface area contributed by atoms with E-state index in [0.29, 0.717) is 12.6 Å². The molecule has 18 heavy (non-hydrogen) atoms. The summed E-state index contributed by atoms with van der Waals surface area (Å²) in [7, 11) is 2.11. The summed E-state index contributed by atoms with van der Waals surface area (Å²) in [6.45, 7) is 2.99. The Kier molecular flexibility index (Phi) is 4.53. The molecule has 1 aliphatic carbocycles. The number of hydrogen-bond acceptors (Lipinski definition) is 4. The van der Waals surface area contributed by atoms with Gasteiger partial charge in [0.1, 0.15) is 0 Å². The first-order valence-electron chi connectivity index (χ1n) is 6.94. The third-order valence-electron chi connectivity index (χ3n) is 3.90. The minimum atomic E-state index is 0.592. The topological polar surface area (TPSA) is 55.0 Å². The lowest BCUT2D eigenvalue weighted by Crippen LogP contribution is -2.36. The monoisotopic (exact) mass is 248 g/mol. The molecule has 2 unspecified atom stereocenters. The molecule has 2 N–H and O–H groups in total. The van der Waals surface area contributed by atoms with Gasteiger partial charge in [-0.2, -0.15) is 0 Å². The summed E-state index contributed by atoms with van der Waals surface area (Å²) in [6.07, 6.45) is 9.85. The normalized spacial score (nSPS) is 23.9.